The number of nitrogens with two attached hydrogens (primary N) is 1. The fraction of sp³-hybridized carbons (Fsp3) is 0.214. The highest BCUT2D eigenvalue weighted by atomic mass is 35.5. The van der Waals surface area contributed by atoms with Crippen molar-refractivity contribution in [2.45, 2.75) is 6.42 Å². The lowest BCUT2D eigenvalue weighted by molar-refractivity contribution is 0.0954. The Kier molecular flexibility index (Phi) is 5.62. The van der Waals surface area contributed by atoms with Gasteiger partial charge in [0, 0.05) is 16.8 Å². The summed E-state index contributed by atoms with van der Waals surface area (Å²) in [5.74, 6) is 5.60. The van der Waals surface area contributed by atoms with Crippen LogP contribution in [0.15, 0.2) is 23.6 Å². The average molecular weight is 325 g/mol. The van der Waals surface area contributed by atoms with Crippen molar-refractivity contribution >= 4 is 40.2 Å². The third kappa shape index (κ3) is 4.36. The van der Waals surface area contributed by atoms with Crippen LogP contribution in [-0.2, 0) is 6.42 Å². The van der Waals surface area contributed by atoms with Crippen LogP contribution >= 0.6 is 34.3 Å². The normalized spacial score (nSPS) is 9.90. The third-order valence-corrected chi connectivity index (χ3v) is 4.60. The molecule has 1 amide bonds. The minimum absolute atomic E-state index is 0.0790. The van der Waals surface area contributed by atoms with Crippen LogP contribution in [0.25, 0.3) is 0 Å². The molecule has 2 heterocycles. The Balaban J connectivity index is 1.84. The predicted octanol–water partition coefficient (Wildman–Crippen LogP) is 2.75. The molecule has 0 bridgehead atoms. The van der Waals surface area contributed by atoms with Crippen molar-refractivity contribution in [2.75, 3.05) is 13.1 Å². The Labute approximate surface area is 130 Å². The van der Waals surface area contributed by atoms with Gasteiger partial charge in [0.25, 0.3) is 5.91 Å². The van der Waals surface area contributed by atoms with Crippen LogP contribution in [0.3, 0.4) is 0 Å². The first-order valence-corrected chi connectivity index (χ1v) is 8.06. The number of hydrogen-bond acceptors (Lipinski definition) is 4. The van der Waals surface area contributed by atoms with E-state index in [2.05, 4.69) is 17.2 Å². The summed E-state index contributed by atoms with van der Waals surface area (Å²) >= 11 is 8.83. The maximum Gasteiger partial charge on any atom is 0.252 e. The van der Waals surface area contributed by atoms with Crippen LogP contribution in [-0.4, -0.2) is 19.0 Å². The smallest absolute Gasteiger partial charge is 0.252 e. The van der Waals surface area contributed by atoms with E-state index in [1.807, 2.05) is 12.1 Å². The molecule has 2 aromatic heterocycles. The molecule has 2 aromatic rings. The van der Waals surface area contributed by atoms with Gasteiger partial charge in [-0.05, 0) is 24.6 Å². The summed E-state index contributed by atoms with van der Waals surface area (Å²) in [6.45, 7) is 0.915. The second-order valence-corrected chi connectivity index (χ2v) is 6.63. The summed E-state index contributed by atoms with van der Waals surface area (Å²) in [6.07, 6.45) is 0.785. The molecule has 0 atom stereocenters. The molecule has 0 aromatic carbocycles. The van der Waals surface area contributed by atoms with Gasteiger partial charge in [0.2, 0.25) is 0 Å². The van der Waals surface area contributed by atoms with Crippen molar-refractivity contribution in [3.8, 4) is 11.8 Å². The fourth-order valence-electron chi connectivity index (χ4n) is 1.55. The van der Waals surface area contributed by atoms with Gasteiger partial charge in [-0.1, -0.05) is 23.4 Å². The van der Waals surface area contributed by atoms with Crippen LogP contribution in [0.1, 0.15) is 20.1 Å². The summed E-state index contributed by atoms with van der Waals surface area (Å²) in [5.41, 5.74) is 5.95. The standard InChI is InChI=1S/C14H13ClN2OS2/c15-13-4-3-11(20-13)5-7-17-14(18)10-8-12(19-9-10)2-1-6-16/h3-4,8-9H,5-7,16H2,(H,17,18). The van der Waals surface area contributed by atoms with Crippen LogP contribution in [0.4, 0.5) is 0 Å². The van der Waals surface area contributed by atoms with Crippen molar-refractivity contribution in [3.63, 3.8) is 0 Å². The topological polar surface area (TPSA) is 55.1 Å². The van der Waals surface area contributed by atoms with Crippen LogP contribution in [0.5, 0.6) is 0 Å². The van der Waals surface area contributed by atoms with E-state index in [0.717, 1.165) is 20.5 Å². The minimum atomic E-state index is -0.0790. The lowest BCUT2D eigenvalue weighted by Gasteiger charge is -2.01. The van der Waals surface area contributed by atoms with Gasteiger partial charge in [0.1, 0.15) is 0 Å². The second kappa shape index (κ2) is 7.46. The number of hydrogen-bond donors (Lipinski definition) is 2. The highest BCUT2D eigenvalue weighted by Crippen LogP contribution is 2.21. The van der Waals surface area contributed by atoms with Gasteiger partial charge < -0.3 is 11.1 Å². The number of carbonyl (C=O) groups excluding carboxylic acids is 1. The maximum absolute atomic E-state index is 11.9. The molecular formula is C14H13ClN2OS2. The minimum Gasteiger partial charge on any atom is -0.352 e. The molecule has 0 aliphatic heterocycles. The van der Waals surface area contributed by atoms with Gasteiger partial charge in [-0.3, -0.25) is 4.79 Å². The van der Waals surface area contributed by atoms with E-state index in [0.29, 0.717) is 18.7 Å². The molecule has 3 N–H and O–H groups in total. The highest BCUT2D eigenvalue weighted by Gasteiger charge is 2.07. The van der Waals surface area contributed by atoms with E-state index >= 15 is 0 Å². The summed E-state index contributed by atoms with van der Waals surface area (Å²) in [7, 11) is 0. The first-order chi connectivity index (χ1) is 9.69. The van der Waals surface area contributed by atoms with Crippen molar-refractivity contribution in [1.82, 2.24) is 5.32 Å². The Morgan fingerprint density at radius 3 is 3.00 bits per heavy atom. The molecule has 0 fully saturated rings. The average Bonchev–Trinajstić information content (AvgIpc) is 3.05. The summed E-state index contributed by atoms with van der Waals surface area (Å²) in [6, 6.07) is 5.62. The first-order valence-electron chi connectivity index (χ1n) is 5.99. The van der Waals surface area contributed by atoms with Gasteiger partial charge in [-0.25, -0.2) is 0 Å². The molecule has 6 heteroatoms. The molecule has 20 heavy (non-hydrogen) atoms. The molecule has 0 aliphatic rings. The fourth-order valence-corrected chi connectivity index (χ4v) is 3.39. The summed E-state index contributed by atoms with van der Waals surface area (Å²) in [4.78, 5) is 13.9. The van der Waals surface area contributed by atoms with Crippen LogP contribution in [0.2, 0.25) is 4.34 Å². The van der Waals surface area contributed by atoms with Gasteiger partial charge in [-0.15, -0.1) is 22.7 Å². The highest BCUT2D eigenvalue weighted by molar-refractivity contribution is 7.16. The van der Waals surface area contributed by atoms with E-state index in [1.54, 1.807) is 11.4 Å². The largest absolute Gasteiger partial charge is 0.352 e. The van der Waals surface area contributed by atoms with Gasteiger partial charge in [0.05, 0.1) is 21.3 Å². The second-order valence-electron chi connectivity index (χ2n) is 3.92. The number of thiophene rings is 2. The van der Waals surface area contributed by atoms with E-state index in [4.69, 9.17) is 17.3 Å². The first kappa shape index (κ1) is 15.1. The maximum atomic E-state index is 11.9. The van der Waals surface area contributed by atoms with E-state index in [-0.39, 0.29) is 5.91 Å². The Morgan fingerprint density at radius 2 is 2.30 bits per heavy atom. The monoisotopic (exact) mass is 324 g/mol. The zero-order chi connectivity index (χ0) is 14.4. The molecule has 0 unspecified atom stereocenters. The van der Waals surface area contributed by atoms with E-state index < -0.39 is 0 Å². The molecule has 0 aliphatic carbocycles. The Hall–Kier alpha value is -1.32. The van der Waals surface area contributed by atoms with Gasteiger partial charge in [-0.2, -0.15) is 0 Å². The van der Waals surface area contributed by atoms with E-state index in [1.165, 1.54) is 22.7 Å². The molecule has 0 saturated carbocycles. The molecule has 2 rings (SSSR count). The zero-order valence-electron chi connectivity index (χ0n) is 10.6. The molecule has 0 saturated heterocycles. The Morgan fingerprint density at radius 1 is 1.45 bits per heavy atom. The van der Waals surface area contributed by atoms with Crippen LogP contribution in [0, 0.1) is 11.8 Å². The Bertz CT molecular complexity index is 651. The SMILES string of the molecule is NCC#Cc1cc(C(=O)NCCc2ccc(Cl)s2)cs1. The number of amides is 1. The molecule has 104 valence electrons. The van der Waals surface area contributed by atoms with Crippen molar-refractivity contribution in [2.24, 2.45) is 5.73 Å². The molecule has 3 nitrogen and oxygen atoms in total. The van der Waals surface area contributed by atoms with Crippen molar-refractivity contribution < 1.29 is 4.79 Å². The number of halogens is 1. The number of rotatable bonds is 4. The molecular weight excluding hydrogens is 312 g/mol. The lowest BCUT2D eigenvalue weighted by atomic mass is 10.2. The van der Waals surface area contributed by atoms with E-state index in [9.17, 15) is 4.79 Å². The number of carbonyl (C=O) groups is 1. The zero-order valence-corrected chi connectivity index (χ0v) is 13.0. The van der Waals surface area contributed by atoms with Gasteiger partial charge >= 0.3 is 0 Å². The van der Waals surface area contributed by atoms with Crippen molar-refractivity contribution in [3.05, 3.63) is 43.2 Å². The van der Waals surface area contributed by atoms with Gasteiger partial charge in [0.15, 0.2) is 0 Å². The molecule has 0 spiro atoms. The summed E-state index contributed by atoms with van der Waals surface area (Å²) in [5, 5.41) is 4.69. The van der Waals surface area contributed by atoms with Crippen molar-refractivity contribution in [1.29, 1.82) is 0 Å². The predicted molar refractivity (Wildman–Crippen MR) is 85.6 cm³/mol. The quantitative estimate of drug-likeness (QED) is 0.850. The number of nitrogens with one attached hydrogen (secondary N) is 1. The van der Waals surface area contributed by atoms with Crippen LogP contribution < -0.4 is 11.1 Å². The lowest BCUT2D eigenvalue weighted by Crippen LogP contribution is -2.24. The molecule has 0 radical (unpaired) electrons. The summed E-state index contributed by atoms with van der Waals surface area (Å²) < 4.78 is 0.771. The third-order valence-electron chi connectivity index (χ3n) is 2.46.